The average Bonchev–Trinajstić information content (AvgIpc) is 2.93. The minimum absolute atomic E-state index is 0.178. The lowest BCUT2D eigenvalue weighted by Gasteiger charge is -2.15. The standard InChI is InChI=1S/C28H30N2O8/c1-6-36-23-13-19(16-29-30-26(31)17-37-21-10-8-7-9-18(21)2)11-12-22(23)38-28(32)20-14-24(33-3)27(35-5)25(15-20)34-4/h7-16H,6,17H2,1-5H3,(H,30,31)/b29-16+. The third kappa shape index (κ3) is 7.16. The van der Waals surface area contributed by atoms with Gasteiger partial charge in [0.2, 0.25) is 5.75 Å². The van der Waals surface area contributed by atoms with Crippen LogP contribution < -0.4 is 33.8 Å². The van der Waals surface area contributed by atoms with Crippen LogP contribution >= 0.6 is 0 Å². The molecule has 38 heavy (non-hydrogen) atoms. The van der Waals surface area contributed by atoms with Crippen LogP contribution in [0.2, 0.25) is 0 Å². The Morgan fingerprint density at radius 2 is 1.55 bits per heavy atom. The Kier molecular flexibility index (Phi) is 9.93. The second kappa shape index (κ2) is 13.5. The Labute approximate surface area is 221 Å². The molecule has 0 aliphatic heterocycles. The van der Waals surface area contributed by atoms with E-state index in [4.69, 9.17) is 28.4 Å². The summed E-state index contributed by atoms with van der Waals surface area (Å²) >= 11 is 0. The summed E-state index contributed by atoms with van der Waals surface area (Å²) in [5, 5.41) is 3.96. The molecule has 1 N–H and O–H groups in total. The molecule has 0 fully saturated rings. The molecule has 3 rings (SSSR count). The molecule has 3 aromatic rings. The summed E-state index contributed by atoms with van der Waals surface area (Å²) < 4.78 is 32.7. The van der Waals surface area contributed by atoms with Gasteiger partial charge < -0.3 is 28.4 Å². The number of rotatable bonds is 12. The molecule has 0 saturated carbocycles. The number of aryl methyl sites for hydroxylation is 1. The van der Waals surface area contributed by atoms with Crippen LogP contribution in [0.3, 0.4) is 0 Å². The summed E-state index contributed by atoms with van der Waals surface area (Å²) in [4.78, 5) is 25.0. The van der Waals surface area contributed by atoms with E-state index in [-0.39, 0.29) is 17.9 Å². The van der Waals surface area contributed by atoms with Gasteiger partial charge in [-0.25, -0.2) is 10.2 Å². The molecular formula is C28H30N2O8. The van der Waals surface area contributed by atoms with E-state index in [1.54, 1.807) is 31.2 Å². The normalized spacial score (nSPS) is 10.6. The highest BCUT2D eigenvalue weighted by atomic mass is 16.6. The molecule has 0 heterocycles. The first-order valence-corrected chi connectivity index (χ1v) is 11.7. The number of carbonyl (C=O) groups is 2. The van der Waals surface area contributed by atoms with Crippen LogP contribution in [0.25, 0.3) is 0 Å². The maximum atomic E-state index is 12.9. The topological polar surface area (TPSA) is 114 Å². The zero-order valence-corrected chi connectivity index (χ0v) is 21.9. The number of hydrogen-bond acceptors (Lipinski definition) is 9. The van der Waals surface area contributed by atoms with Crippen LogP contribution in [0.5, 0.6) is 34.5 Å². The van der Waals surface area contributed by atoms with E-state index in [9.17, 15) is 9.59 Å². The Morgan fingerprint density at radius 3 is 2.18 bits per heavy atom. The fourth-order valence-electron chi connectivity index (χ4n) is 3.39. The predicted octanol–water partition coefficient (Wildman–Crippen LogP) is 4.17. The minimum atomic E-state index is -0.646. The van der Waals surface area contributed by atoms with Crippen molar-refractivity contribution in [1.82, 2.24) is 5.43 Å². The van der Waals surface area contributed by atoms with Crippen LogP contribution in [0.4, 0.5) is 0 Å². The lowest BCUT2D eigenvalue weighted by Crippen LogP contribution is -2.24. The highest BCUT2D eigenvalue weighted by Crippen LogP contribution is 2.39. The Bertz CT molecular complexity index is 1280. The monoisotopic (exact) mass is 522 g/mol. The zero-order valence-electron chi connectivity index (χ0n) is 21.9. The van der Waals surface area contributed by atoms with Gasteiger partial charge in [-0.3, -0.25) is 4.79 Å². The number of methoxy groups -OCH3 is 3. The molecule has 0 spiro atoms. The van der Waals surface area contributed by atoms with Gasteiger partial charge in [0.15, 0.2) is 29.6 Å². The molecule has 0 aliphatic rings. The van der Waals surface area contributed by atoms with E-state index in [1.165, 1.54) is 39.7 Å². The number of carbonyl (C=O) groups excluding carboxylic acids is 2. The summed E-state index contributed by atoms with van der Waals surface area (Å²) in [7, 11) is 4.39. The highest BCUT2D eigenvalue weighted by molar-refractivity contribution is 5.93. The molecule has 0 aromatic heterocycles. The van der Waals surface area contributed by atoms with E-state index < -0.39 is 11.9 Å². The lowest BCUT2D eigenvalue weighted by molar-refractivity contribution is -0.123. The minimum Gasteiger partial charge on any atom is -0.493 e. The van der Waals surface area contributed by atoms with E-state index in [2.05, 4.69) is 10.5 Å². The molecule has 10 nitrogen and oxygen atoms in total. The average molecular weight is 523 g/mol. The first-order valence-electron chi connectivity index (χ1n) is 11.7. The largest absolute Gasteiger partial charge is 0.493 e. The van der Waals surface area contributed by atoms with E-state index >= 15 is 0 Å². The number of hydrazone groups is 1. The van der Waals surface area contributed by atoms with Gasteiger partial charge in [0, 0.05) is 0 Å². The molecule has 0 radical (unpaired) electrons. The smallest absolute Gasteiger partial charge is 0.343 e. The number of benzene rings is 3. The van der Waals surface area contributed by atoms with Crippen molar-refractivity contribution in [2.24, 2.45) is 5.10 Å². The molecule has 200 valence electrons. The van der Waals surface area contributed by atoms with Gasteiger partial charge in [-0.2, -0.15) is 5.10 Å². The van der Waals surface area contributed by atoms with Crippen LogP contribution in [-0.4, -0.2) is 52.6 Å². The van der Waals surface area contributed by atoms with Gasteiger partial charge in [-0.05, 0) is 61.4 Å². The van der Waals surface area contributed by atoms with Gasteiger partial charge in [0.1, 0.15) is 5.75 Å². The first-order chi connectivity index (χ1) is 18.4. The maximum Gasteiger partial charge on any atom is 0.343 e. The highest BCUT2D eigenvalue weighted by Gasteiger charge is 2.20. The second-order valence-corrected chi connectivity index (χ2v) is 7.79. The predicted molar refractivity (Wildman–Crippen MR) is 141 cm³/mol. The van der Waals surface area contributed by atoms with Crippen molar-refractivity contribution < 1.29 is 38.0 Å². The van der Waals surface area contributed by atoms with Gasteiger partial charge >= 0.3 is 5.97 Å². The molecular weight excluding hydrogens is 492 g/mol. The fourth-order valence-corrected chi connectivity index (χ4v) is 3.39. The summed E-state index contributed by atoms with van der Waals surface area (Å²) in [6.07, 6.45) is 1.44. The van der Waals surface area contributed by atoms with E-state index in [1.807, 2.05) is 25.1 Å². The molecule has 0 unspecified atom stereocenters. The van der Waals surface area contributed by atoms with Gasteiger partial charge in [0.05, 0.1) is 39.7 Å². The van der Waals surface area contributed by atoms with Gasteiger partial charge in [-0.1, -0.05) is 18.2 Å². The molecule has 1 amide bonds. The molecule has 10 heteroatoms. The SMILES string of the molecule is CCOc1cc(/C=N/NC(=O)COc2ccccc2C)ccc1OC(=O)c1cc(OC)c(OC)c(OC)c1. The number of hydrogen-bond donors (Lipinski definition) is 1. The Balaban J connectivity index is 1.68. The van der Waals surface area contributed by atoms with Crippen molar-refractivity contribution in [3.8, 4) is 34.5 Å². The quantitative estimate of drug-likeness (QED) is 0.163. The van der Waals surface area contributed by atoms with Gasteiger partial charge in [-0.15, -0.1) is 0 Å². The number of amides is 1. The summed E-state index contributed by atoms with van der Waals surface area (Å²) in [6.45, 7) is 3.86. The van der Waals surface area contributed by atoms with Crippen molar-refractivity contribution in [2.45, 2.75) is 13.8 Å². The maximum absolute atomic E-state index is 12.9. The van der Waals surface area contributed by atoms with Crippen molar-refractivity contribution in [3.63, 3.8) is 0 Å². The van der Waals surface area contributed by atoms with Crippen molar-refractivity contribution in [3.05, 3.63) is 71.3 Å². The number of esters is 1. The zero-order chi connectivity index (χ0) is 27.5. The second-order valence-electron chi connectivity index (χ2n) is 7.79. The summed E-state index contributed by atoms with van der Waals surface area (Å²) in [6, 6.07) is 15.3. The fraction of sp³-hybridized carbons (Fsp3) is 0.250. The number of nitrogens with zero attached hydrogens (tertiary/aromatic N) is 1. The van der Waals surface area contributed by atoms with Gasteiger partial charge in [0.25, 0.3) is 5.91 Å². The third-order valence-corrected chi connectivity index (χ3v) is 5.23. The van der Waals surface area contributed by atoms with Crippen LogP contribution in [0, 0.1) is 6.92 Å². The molecule has 0 saturated heterocycles. The van der Waals surface area contributed by atoms with Crippen LogP contribution in [0.15, 0.2) is 59.7 Å². The number of para-hydroxylation sites is 1. The number of ether oxygens (including phenoxy) is 6. The Morgan fingerprint density at radius 1 is 0.842 bits per heavy atom. The van der Waals surface area contributed by atoms with E-state index in [0.717, 1.165) is 5.56 Å². The molecule has 0 bridgehead atoms. The Hall–Kier alpha value is -4.73. The summed E-state index contributed by atoms with van der Waals surface area (Å²) in [5.41, 5.74) is 4.16. The van der Waals surface area contributed by atoms with Crippen LogP contribution in [-0.2, 0) is 4.79 Å². The van der Waals surface area contributed by atoms with E-state index in [0.29, 0.717) is 40.9 Å². The molecule has 0 aliphatic carbocycles. The molecule has 0 atom stereocenters. The third-order valence-electron chi connectivity index (χ3n) is 5.23. The van der Waals surface area contributed by atoms with Crippen molar-refractivity contribution in [1.29, 1.82) is 0 Å². The van der Waals surface area contributed by atoms with Crippen molar-refractivity contribution in [2.75, 3.05) is 34.5 Å². The van der Waals surface area contributed by atoms with Crippen molar-refractivity contribution >= 4 is 18.1 Å². The molecule has 3 aromatic carbocycles. The summed E-state index contributed by atoms with van der Waals surface area (Å²) in [5.74, 6) is 1.11. The lowest BCUT2D eigenvalue weighted by atomic mass is 10.1. The number of nitrogens with one attached hydrogen (secondary N) is 1. The van der Waals surface area contributed by atoms with Crippen LogP contribution in [0.1, 0.15) is 28.4 Å². The first kappa shape index (κ1) is 27.9.